The van der Waals surface area contributed by atoms with Crippen molar-refractivity contribution in [2.75, 3.05) is 0 Å². The molecular formula is C41H29N3O. The first-order valence-corrected chi connectivity index (χ1v) is 15.1. The average molecular weight is 580 g/mol. The van der Waals surface area contributed by atoms with Crippen LogP contribution in [0, 0.1) is 0 Å². The normalized spacial score (nSPS) is 12.4. The van der Waals surface area contributed by atoms with Crippen molar-refractivity contribution in [3.05, 3.63) is 168 Å². The van der Waals surface area contributed by atoms with Gasteiger partial charge in [-0.2, -0.15) is 0 Å². The highest BCUT2D eigenvalue weighted by atomic mass is 16.3. The average Bonchev–Trinajstić information content (AvgIpc) is 3.49. The molecule has 4 nitrogen and oxygen atoms in total. The lowest BCUT2D eigenvalue weighted by Crippen LogP contribution is -2.17. The molecule has 8 rings (SSSR count). The van der Waals surface area contributed by atoms with E-state index in [0.717, 1.165) is 60.5 Å². The molecule has 0 saturated carbocycles. The van der Waals surface area contributed by atoms with Gasteiger partial charge in [-0.05, 0) is 62.5 Å². The molecular weight excluding hydrogens is 550 g/mol. The van der Waals surface area contributed by atoms with Crippen LogP contribution >= 0.6 is 0 Å². The standard InChI is InChI=1S/C41H29N3O/c42-40(44-41(43-26-27-10-2-1-3-11-27)33-23-21-29-13-5-7-15-31(29)25-33)35-17-9-19-37-39(35)38-34(16-8-18-36(38)45-37)32-22-20-28-12-4-6-14-30(28)24-32/h1-25H,26H2,(H2,42,43,44). The van der Waals surface area contributed by atoms with Gasteiger partial charge in [0.25, 0.3) is 0 Å². The van der Waals surface area contributed by atoms with Crippen molar-refractivity contribution in [1.82, 2.24) is 0 Å². The molecule has 0 bridgehead atoms. The predicted octanol–water partition coefficient (Wildman–Crippen LogP) is 9.91. The predicted molar refractivity (Wildman–Crippen MR) is 188 cm³/mol. The fourth-order valence-electron chi connectivity index (χ4n) is 6.12. The first-order valence-electron chi connectivity index (χ1n) is 15.1. The highest BCUT2D eigenvalue weighted by Gasteiger charge is 2.18. The van der Waals surface area contributed by atoms with Crippen molar-refractivity contribution in [3.8, 4) is 11.1 Å². The fourth-order valence-corrected chi connectivity index (χ4v) is 6.12. The van der Waals surface area contributed by atoms with E-state index < -0.39 is 0 Å². The first-order chi connectivity index (χ1) is 22.2. The third-order valence-corrected chi connectivity index (χ3v) is 8.35. The highest BCUT2D eigenvalue weighted by Crippen LogP contribution is 2.39. The van der Waals surface area contributed by atoms with Gasteiger partial charge in [0.05, 0.1) is 6.54 Å². The second-order valence-electron chi connectivity index (χ2n) is 11.2. The Bertz CT molecular complexity index is 2420. The first kappa shape index (κ1) is 26.6. The highest BCUT2D eigenvalue weighted by molar-refractivity contribution is 6.23. The molecule has 0 aliphatic heterocycles. The van der Waals surface area contributed by atoms with Gasteiger partial charge in [-0.1, -0.05) is 127 Å². The minimum Gasteiger partial charge on any atom is -0.456 e. The molecule has 1 aromatic heterocycles. The number of amidine groups is 2. The Morgan fingerprint density at radius 1 is 0.556 bits per heavy atom. The third-order valence-electron chi connectivity index (χ3n) is 8.35. The topological polar surface area (TPSA) is 63.9 Å². The van der Waals surface area contributed by atoms with Gasteiger partial charge in [0.2, 0.25) is 0 Å². The maximum atomic E-state index is 6.92. The van der Waals surface area contributed by atoms with Crippen molar-refractivity contribution in [3.63, 3.8) is 0 Å². The monoisotopic (exact) mass is 579 g/mol. The summed E-state index contributed by atoms with van der Waals surface area (Å²) in [7, 11) is 0. The lowest BCUT2D eigenvalue weighted by Gasteiger charge is -2.09. The lowest BCUT2D eigenvalue weighted by atomic mass is 9.95. The molecule has 0 fully saturated rings. The lowest BCUT2D eigenvalue weighted by molar-refractivity contribution is 0.669. The Labute approximate surface area is 260 Å². The molecule has 0 atom stereocenters. The van der Waals surface area contributed by atoms with Crippen LogP contribution in [0.15, 0.2) is 166 Å². The molecule has 0 aliphatic carbocycles. The molecule has 0 saturated heterocycles. The number of hydrogen-bond donors (Lipinski definition) is 1. The minimum absolute atomic E-state index is 0.386. The number of nitrogens with zero attached hydrogens (tertiary/aromatic N) is 2. The summed E-state index contributed by atoms with van der Waals surface area (Å²) in [4.78, 5) is 10.0. The molecule has 2 N–H and O–H groups in total. The van der Waals surface area contributed by atoms with Crippen LogP contribution in [0.25, 0.3) is 54.6 Å². The van der Waals surface area contributed by atoms with Crippen molar-refractivity contribution in [1.29, 1.82) is 0 Å². The molecule has 214 valence electrons. The van der Waals surface area contributed by atoms with Crippen molar-refractivity contribution < 1.29 is 4.42 Å². The molecule has 0 aliphatic rings. The van der Waals surface area contributed by atoms with Gasteiger partial charge in [0.15, 0.2) is 5.84 Å². The van der Waals surface area contributed by atoms with Crippen molar-refractivity contribution in [2.24, 2.45) is 15.7 Å². The van der Waals surface area contributed by atoms with E-state index in [1.807, 2.05) is 60.7 Å². The number of benzene rings is 7. The number of hydrogen-bond acceptors (Lipinski definition) is 2. The molecule has 0 amide bonds. The maximum Gasteiger partial charge on any atom is 0.157 e. The van der Waals surface area contributed by atoms with Gasteiger partial charge in [0, 0.05) is 21.9 Å². The van der Waals surface area contributed by atoms with E-state index in [2.05, 4.69) is 91.0 Å². The zero-order valence-electron chi connectivity index (χ0n) is 24.5. The Morgan fingerprint density at radius 3 is 1.98 bits per heavy atom. The van der Waals surface area contributed by atoms with Crippen LogP contribution in [0.5, 0.6) is 0 Å². The molecule has 1 heterocycles. The number of nitrogens with two attached hydrogens (primary N) is 1. The number of furan rings is 1. The summed E-state index contributed by atoms with van der Waals surface area (Å²) in [6.45, 7) is 0.491. The maximum absolute atomic E-state index is 6.92. The molecule has 4 heteroatoms. The fraction of sp³-hybridized carbons (Fsp3) is 0.0244. The van der Waals surface area contributed by atoms with Crippen LogP contribution in [-0.2, 0) is 6.54 Å². The van der Waals surface area contributed by atoms with Crippen LogP contribution in [-0.4, -0.2) is 11.7 Å². The number of rotatable bonds is 5. The van der Waals surface area contributed by atoms with Gasteiger partial charge >= 0.3 is 0 Å². The summed E-state index contributed by atoms with van der Waals surface area (Å²) in [6.07, 6.45) is 0. The van der Waals surface area contributed by atoms with Crippen LogP contribution in [0.3, 0.4) is 0 Å². The Hall–Kier alpha value is -6.00. The van der Waals surface area contributed by atoms with E-state index in [0.29, 0.717) is 18.2 Å². The van der Waals surface area contributed by atoms with E-state index in [1.165, 1.54) is 10.8 Å². The van der Waals surface area contributed by atoms with Crippen LogP contribution < -0.4 is 5.73 Å². The SMILES string of the molecule is NC(=NC(=NCc1ccccc1)c1ccc2ccccc2c1)c1cccc2oc3cccc(-c4ccc5ccccc5c4)c3c12. The van der Waals surface area contributed by atoms with E-state index in [4.69, 9.17) is 20.1 Å². The Morgan fingerprint density at radius 2 is 1.20 bits per heavy atom. The smallest absolute Gasteiger partial charge is 0.157 e. The van der Waals surface area contributed by atoms with Crippen molar-refractivity contribution >= 4 is 55.2 Å². The molecule has 0 spiro atoms. The van der Waals surface area contributed by atoms with E-state index in [9.17, 15) is 0 Å². The van der Waals surface area contributed by atoms with E-state index in [-0.39, 0.29) is 0 Å². The van der Waals surface area contributed by atoms with Crippen LogP contribution in [0.2, 0.25) is 0 Å². The Kier molecular flexibility index (Phi) is 6.65. The second kappa shape index (κ2) is 11.3. The summed E-state index contributed by atoms with van der Waals surface area (Å²) < 4.78 is 6.40. The van der Waals surface area contributed by atoms with Crippen LogP contribution in [0.4, 0.5) is 0 Å². The van der Waals surface area contributed by atoms with Gasteiger partial charge in [-0.25, -0.2) is 4.99 Å². The zero-order chi connectivity index (χ0) is 30.2. The number of fused-ring (bicyclic) bond motifs is 5. The molecule has 45 heavy (non-hydrogen) atoms. The zero-order valence-corrected chi connectivity index (χ0v) is 24.5. The minimum atomic E-state index is 0.386. The molecule has 0 unspecified atom stereocenters. The Balaban J connectivity index is 1.30. The largest absolute Gasteiger partial charge is 0.456 e. The van der Waals surface area contributed by atoms with Gasteiger partial charge < -0.3 is 10.2 Å². The second-order valence-corrected chi connectivity index (χ2v) is 11.2. The summed E-state index contributed by atoms with van der Waals surface area (Å²) >= 11 is 0. The summed E-state index contributed by atoms with van der Waals surface area (Å²) in [6, 6.07) is 52.0. The number of aliphatic imine (C=N–C) groups is 2. The quantitative estimate of drug-likeness (QED) is 0.163. The molecule has 0 radical (unpaired) electrons. The van der Waals surface area contributed by atoms with Crippen molar-refractivity contribution in [2.45, 2.75) is 6.54 Å². The summed E-state index contributed by atoms with van der Waals surface area (Å²) in [5, 5.41) is 6.65. The van der Waals surface area contributed by atoms with Gasteiger partial charge in [0.1, 0.15) is 17.0 Å². The van der Waals surface area contributed by atoms with E-state index >= 15 is 0 Å². The van der Waals surface area contributed by atoms with Gasteiger partial charge in [-0.15, -0.1) is 0 Å². The van der Waals surface area contributed by atoms with Gasteiger partial charge in [-0.3, -0.25) is 4.99 Å². The third kappa shape index (κ3) is 5.02. The van der Waals surface area contributed by atoms with E-state index in [1.54, 1.807) is 0 Å². The summed E-state index contributed by atoms with van der Waals surface area (Å²) in [5.41, 5.74) is 13.5. The summed E-state index contributed by atoms with van der Waals surface area (Å²) in [5.74, 6) is 0.971. The molecule has 8 aromatic rings. The van der Waals surface area contributed by atoms with Crippen LogP contribution in [0.1, 0.15) is 16.7 Å². The molecule has 7 aromatic carbocycles.